The van der Waals surface area contributed by atoms with Crippen molar-refractivity contribution < 1.29 is 14.3 Å². The maximum atomic E-state index is 12.2. The Hall–Kier alpha value is -3.80. The molecule has 0 spiro atoms. The Morgan fingerprint density at radius 3 is 2.07 bits per heavy atom. The van der Waals surface area contributed by atoms with Crippen LogP contribution in [0.25, 0.3) is 0 Å². The van der Waals surface area contributed by atoms with E-state index in [4.69, 9.17) is 4.74 Å². The van der Waals surface area contributed by atoms with Gasteiger partial charge in [-0.15, -0.1) is 0 Å². The maximum Gasteiger partial charge on any atom is 0.243 e. The molecule has 0 atom stereocenters. The van der Waals surface area contributed by atoms with E-state index in [-0.39, 0.29) is 18.4 Å². The molecule has 3 N–H and O–H groups in total. The van der Waals surface area contributed by atoms with Crippen LogP contribution in [0, 0.1) is 0 Å². The van der Waals surface area contributed by atoms with Gasteiger partial charge in [0.2, 0.25) is 11.8 Å². The third kappa shape index (κ3) is 5.60. The molecule has 0 saturated carbocycles. The van der Waals surface area contributed by atoms with Gasteiger partial charge in [-0.2, -0.15) is 0 Å². The smallest absolute Gasteiger partial charge is 0.243 e. The molecule has 2 amide bonds. The largest absolute Gasteiger partial charge is 0.455 e. The van der Waals surface area contributed by atoms with Crippen molar-refractivity contribution in [1.29, 1.82) is 0 Å². The summed E-state index contributed by atoms with van der Waals surface area (Å²) in [4.78, 5) is 23.3. The van der Waals surface area contributed by atoms with Crippen LogP contribution in [0.3, 0.4) is 0 Å². The fourth-order valence-electron chi connectivity index (χ4n) is 2.54. The van der Waals surface area contributed by atoms with Gasteiger partial charge in [-0.05, 0) is 48.5 Å². The summed E-state index contributed by atoms with van der Waals surface area (Å²) in [6, 6.07) is 23.8. The molecule has 0 saturated heterocycles. The van der Waals surface area contributed by atoms with Gasteiger partial charge in [0.25, 0.3) is 0 Å². The number of amides is 2. The highest BCUT2D eigenvalue weighted by Gasteiger charge is 2.07. The van der Waals surface area contributed by atoms with Crippen molar-refractivity contribution in [3.63, 3.8) is 0 Å². The summed E-state index contributed by atoms with van der Waals surface area (Å²) in [5, 5.41) is 8.58. The number of benzene rings is 3. The Labute approximate surface area is 163 Å². The summed E-state index contributed by atoms with van der Waals surface area (Å²) in [6.45, 7) is 1.53. The predicted octanol–water partition coefficient (Wildman–Crippen LogP) is 4.49. The van der Waals surface area contributed by atoms with Crippen LogP contribution in [-0.2, 0) is 9.59 Å². The molecule has 0 aliphatic heterocycles. The Morgan fingerprint density at radius 2 is 1.39 bits per heavy atom. The second-order valence-electron chi connectivity index (χ2n) is 6.07. The van der Waals surface area contributed by atoms with Gasteiger partial charge in [0.15, 0.2) is 5.75 Å². The molecular weight excluding hydrogens is 354 g/mol. The van der Waals surface area contributed by atoms with Crippen LogP contribution in [0.2, 0.25) is 0 Å². The molecule has 0 radical (unpaired) electrons. The lowest BCUT2D eigenvalue weighted by Gasteiger charge is -2.13. The van der Waals surface area contributed by atoms with Crippen molar-refractivity contribution >= 4 is 28.9 Å². The highest BCUT2D eigenvalue weighted by Crippen LogP contribution is 2.28. The molecule has 0 fully saturated rings. The maximum absolute atomic E-state index is 12.2. The second kappa shape index (κ2) is 9.23. The normalized spacial score (nSPS) is 10.0. The Kier molecular flexibility index (Phi) is 6.25. The molecule has 142 valence electrons. The van der Waals surface area contributed by atoms with Crippen LogP contribution in [-0.4, -0.2) is 18.4 Å². The van der Waals surface area contributed by atoms with Crippen LogP contribution >= 0.6 is 0 Å². The third-order valence-corrected chi connectivity index (χ3v) is 3.79. The second-order valence-corrected chi connectivity index (χ2v) is 6.07. The fourth-order valence-corrected chi connectivity index (χ4v) is 2.54. The Morgan fingerprint density at radius 1 is 0.786 bits per heavy atom. The zero-order chi connectivity index (χ0) is 19.8. The topological polar surface area (TPSA) is 79.5 Å². The van der Waals surface area contributed by atoms with Crippen LogP contribution in [0.1, 0.15) is 6.92 Å². The van der Waals surface area contributed by atoms with Crippen LogP contribution < -0.4 is 20.7 Å². The lowest BCUT2D eigenvalue weighted by molar-refractivity contribution is -0.115. The zero-order valence-corrected chi connectivity index (χ0v) is 15.4. The number of rotatable bonds is 7. The first-order chi connectivity index (χ1) is 13.6. The number of hydrogen-bond acceptors (Lipinski definition) is 4. The van der Waals surface area contributed by atoms with Gasteiger partial charge in [-0.3, -0.25) is 9.59 Å². The number of hydrogen-bond donors (Lipinski definition) is 3. The molecule has 0 aliphatic carbocycles. The standard InChI is InChI=1S/C22H21N3O3/c1-16(26)24-17-11-13-18(14-12-17)25-22(27)15-23-20-9-5-6-10-21(20)28-19-7-3-2-4-8-19/h2-14,23H,15H2,1H3,(H,24,26)(H,25,27). The summed E-state index contributed by atoms with van der Waals surface area (Å²) >= 11 is 0. The molecule has 6 nitrogen and oxygen atoms in total. The number of nitrogens with one attached hydrogen (secondary N) is 3. The van der Waals surface area contributed by atoms with E-state index in [1.807, 2.05) is 54.6 Å². The van der Waals surface area contributed by atoms with Gasteiger partial charge in [-0.1, -0.05) is 30.3 Å². The van der Waals surface area contributed by atoms with E-state index in [9.17, 15) is 9.59 Å². The highest BCUT2D eigenvalue weighted by atomic mass is 16.5. The lowest BCUT2D eigenvalue weighted by atomic mass is 10.2. The van der Waals surface area contributed by atoms with Crippen molar-refractivity contribution in [2.45, 2.75) is 6.92 Å². The SMILES string of the molecule is CC(=O)Nc1ccc(NC(=O)CNc2ccccc2Oc2ccccc2)cc1. The third-order valence-electron chi connectivity index (χ3n) is 3.79. The Balaban J connectivity index is 1.57. The fraction of sp³-hybridized carbons (Fsp3) is 0.0909. The van der Waals surface area contributed by atoms with Crippen molar-refractivity contribution in [1.82, 2.24) is 0 Å². The molecule has 0 bridgehead atoms. The predicted molar refractivity (Wildman–Crippen MR) is 111 cm³/mol. The van der Waals surface area contributed by atoms with Crippen molar-refractivity contribution in [3.8, 4) is 11.5 Å². The quantitative estimate of drug-likeness (QED) is 0.569. The van der Waals surface area contributed by atoms with E-state index in [1.54, 1.807) is 24.3 Å². The van der Waals surface area contributed by atoms with Crippen molar-refractivity contribution in [2.24, 2.45) is 0 Å². The van der Waals surface area contributed by atoms with E-state index >= 15 is 0 Å². The molecule has 0 unspecified atom stereocenters. The number of ether oxygens (including phenoxy) is 1. The Bertz CT molecular complexity index is 941. The molecule has 6 heteroatoms. The van der Waals surface area contributed by atoms with Gasteiger partial charge >= 0.3 is 0 Å². The summed E-state index contributed by atoms with van der Waals surface area (Å²) in [5.74, 6) is 1.03. The van der Waals surface area contributed by atoms with E-state index in [2.05, 4.69) is 16.0 Å². The average molecular weight is 375 g/mol. The first kappa shape index (κ1) is 19.0. The molecule has 28 heavy (non-hydrogen) atoms. The van der Waals surface area contributed by atoms with Crippen molar-refractivity contribution in [2.75, 3.05) is 22.5 Å². The first-order valence-electron chi connectivity index (χ1n) is 8.83. The molecule has 0 heterocycles. The minimum absolute atomic E-state index is 0.0859. The summed E-state index contributed by atoms with van der Waals surface area (Å²) in [7, 11) is 0. The summed E-state index contributed by atoms with van der Waals surface area (Å²) in [6.07, 6.45) is 0. The number of anilines is 3. The number of carbonyl (C=O) groups is 2. The zero-order valence-electron chi connectivity index (χ0n) is 15.4. The molecular formula is C22H21N3O3. The molecule has 3 aromatic rings. The van der Waals surface area contributed by atoms with E-state index in [1.165, 1.54) is 6.92 Å². The molecule has 0 aliphatic rings. The summed E-state index contributed by atoms with van der Waals surface area (Å²) in [5.41, 5.74) is 2.05. The van der Waals surface area contributed by atoms with E-state index in [0.29, 0.717) is 17.1 Å². The number of carbonyl (C=O) groups excluding carboxylic acids is 2. The summed E-state index contributed by atoms with van der Waals surface area (Å²) < 4.78 is 5.88. The lowest BCUT2D eigenvalue weighted by Crippen LogP contribution is -2.21. The van der Waals surface area contributed by atoms with Crippen LogP contribution in [0.4, 0.5) is 17.1 Å². The van der Waals surface area contributed by atoms with Crippen LogP contribution in [0.5, 0.6) is 11.5 Å². The monoisotopic (exact) mass is 375 g/mol. The molecule has 3 aromatic carbocycles. The minimum atomic E-state index is -0.193. The van der Waals surface area contributed by atoms with E-state index in [0.717, 1.165) is 11.4 Å². The first-order valence-corrected chi connectivity index (χ1v) is 8.83. The van der Waals surface area contributed by atoms with Gasteiger partial charge in [0, 0.05) is 18.3 Å². The minimum Gasteiger partial charge on any atom is -0.455 e. The molecule has 0 aromatic heterocycles. The van der Waals surface area contributed by atoms with Gasteiger partial charge in [0.05, 0.1) is 12.2 Å². The van der Waals surface area contributed by atoms with Crippen molar-refractivity contribution in [3.05, 3.63) is 78.9 Å². The van der Waals surface area contributed by atoms with Gasteiger partial charge in [-0.25, -0.2) is 0 Å². The number of para-hydroxylation sites is 3. The molecule has 3 rings (SSSR count). The van der Waals surface area contributed by atoms with Gasteiger partial charge < -0.3 is 20.7 Å². The van der Waals surface area contributed by atoms with E-state index < -0.39 is 0 Å². The van der Waals surface area contributed by atoms with Gasteiger partial charge in [0.1, 0.15) is 5.75 Å². The average Bonchev–Trinajstić information content (AvgIpc) is 2.69. The van der Waals surface area contributed by atoms with Crippen LogP contribution in [0.15, 0.2) is 78.9 Å². The highest BCUT2D eigenvalue weighted by molar-refractivity contribution is 5.94.